The van der Waals surface area contributed by atoms with Gasteiger partial charge in [0, 0.05) is 19.2 Å². The van der Waals surface area contributed by atoms with E-state index in [1.165, 1.54) is 0 Å². The minimum absolute atomic E-state index is 0.0553. The Kier molecular flexibility index (Phi) is 2.95. The molecule has 1 amide bonds. The Balaban J connectivity index is 1.86. The zero-order valence-electron chi connectivity index (χ0n) is 9.16. The zero-order chi connectivity index (χ0) is 10.9. The van der Waals surface area contributed by atoms with Crippen molar-refractivity contribution in [2.75, 3.05) is 33.4 Å². The van der Waals surface area contributed by atoms with Crippen molar-refractivity contribution in [2.24, 2.45) is 5.73 Å². The number of nitrogens with two attached hydrogens (primary N) is 1. The summed E-state index contributed by atoms with van der Waals surface area (Å²) in [5, 5.41) is 3.01. The fourth-order valence-electron chi connectivity index (χ4n) is 2.14. The first-order valence-corrected chi connectivity index (χ1v) is 5.46. The van der Waals surface area contributed by atoms with Gasteiger partial charge >= 0.3 is 0 Å². The van der Waals surface area contributed by atoms with Gasteiger partial charge < -0.3 is 20.7 Å². The number of rotatable bonds is 2. The molecule has 2 rings (SSSR count). The molecule has 2 fully saturated rings. The minimum atomic E-state index is -0.791. The highest BCUT2D eigenvalue weighted by molar-refractivity contribution is 5.86. The number of hydrogen-bond donors (Lipinski definition) is 2. The van der Waals surface area contributed by atoms with E-state index in [-0.39, 0.29) is 11.9 Å². The second kappa shape index (κ2) is 4.08. The van der Waals surface area contributed by atoms with Crippen LogP contribution >= 0.6 is 0 Å². The van der Waals surface area contributed by atoms with Crippen LogP contribution in [-0.4, -0.2) is 55.7 Å². The molecule has 2 aliphatic rings. The summed E-state index contributed by atoms with van der Waals surface area (Å²) in [6.07, 6.45) is 1.64. The van der Waals surface area contributed by atoms with Crippen LogP contribution in [0.25, 0.3) is 0 Å². The van der Waals surface area contributed by atoms with E-state index in [0.717, 1.165) is 19.5 Å². The number of nitrogens with zero attached hydrogens (tertiary/aromatic N) is 1. The summed E-state index contributed by atoms with van der Waals surface area (Å²) in [5.74, 6) is -0.0553. The quantitative estimate of drug-likeness (QED) is 0.612. The minimum Gasteiger partial charge on any atom is -0.379 e. The topological polar surface area (TPSA) is 67.6 Å². The Labute approximate surface area is 89.9 Å². The summed E-state index contributed by atoms with van der Waals surface area (Å²) in [5.41, 5.74) is 5.17. The average molecular weight is 213 g/mol. The largest absolute Gasteiger partial charge is 0.379 e. The molecule has 2 aliphatic heterocycles. The Morgan fingerprint density at radius 1 is 1.67 bits per heavy atom. The molecule has 2 saturated heterocycles. The van der Waals surface area contributed by atoms with Crippen LogP contribution in [0.5, 0.6) is 0 Å². The third-order valence-electron chi connectivity index (χ3n) is 3.23. The highest BCUT2D eigenvalue weighted by Gasteiger charge is 2.39. The van der Waals surface area contributed by atoms with Crippen molar-refractivity contribution in [3.8, 4) is 0 Å². The number of likely N-dealkylation sites (tertiary alicyclic amines) is 1. The maximum Gasteiger partial charge on any atom is 0.242 e. The Hall–Kier alpha value is -0.650. The number of ether oxygens (including phenoxy) is 1. The highest BCUT2D eigenvalue weighted by atomic mass is 16.5. The van der Waals surface area contributed by atoms with Crippen molar-refractivity contribution in [3.63, 3.8) is 0 Å². The van der Waals surface area contributed by atoms with Gasteiger partial charge in [0.2, 0.25) is 5.91 Å². The number of carbonyl (C=O) groups is 1. The Bertz CT molecular complexity index is 251. The van der Waals surface area contributed by atoms with E-state index >= 15 is 0 Å². The molecule has 86 valence electrons. The van der Waals surface area contributed by atoms with Gasteiger partial charge in [-0.15, -0.1) is 0 Å². The second-order valence-corrected chi connectivity index (χ2v) is 4.68. The maximum atomic E-state index is 11.9. The second-order valence-electron chi connectivity index (χ2n) is 4.68. The zero-order valence-corrected chi connectivity index (χ0v) is 9.16. The van der Waals surface area contributed by atoms with Gasteiger partial charge in [-0.3, -0.25) is 4.79 Å². The Morgan fingerprint density at radius 2 is 2.47 bits per heavy atom. The molecular formula is C10H19N3O2. The van der Waals surface area contributed by atoms with Crippen LogP contribution in [0.4, 0.5) is 0 Å². The smallest absolute Gasteiger partial charge is 0.242 e. The van der Waals surface area contributed by atoms with Crippen molar-refractivity contribution >= 4 is 5.91 Å². The number of nitrogens with one attached hydrogen (secondary N) is 1. The third-order valence-corrected chi connectivity index (χ3v) is 3.23. The van der Waals surface area contributed by atoms with Crippen molar-refractivity contribution in [1.29, 1.82) is 0 Å². The number of hydrogen-bond acceptors (Lipinski definition) is 4. The lowest BCUT2D eigenvalue weighted by molar-refractivity contribution is -0.127. The van der Waals surface area contributed by atoms with Gasteiger partial charge in [-0.2, -0.15) is 0 Å². The molecular weight excluding hydrogens is 194 g/mol. The molecule has 2 atom stereocenters. The van der Waals surface area contributed by atoms with Crippen LogP contribution in [-0.2, 0) is 9.53 Å². The first-order chi connectivity index (χ1) is 7.10. The predicted octanol–water partition coefficient (Wildman–Crippen LogP) is -1.08. The van der Waals surface area contributed by atoms with Crippen LogP contribution in [0.1, 0.15) is 12.8 Å². The molecule has 5 heteroatoms. The average Bonchev–Trinajstić information content (AvgIpc) is 2.76. The molecule has 3 N–H and O–H groups in total. The molecule has 15 heavy (non-hydrogen) atoms. The lowest BCUT2D eigenvalue weighted by Crippen LogP contribution is -2.57. The third kappa shape index (κ3) is 2.30. The first kappa shape index (κ1) is 10.9. The first-order valence-electron chi connectivity index (χ1n) is 5.46. The van der Waals surface area contributed by atoms with Crippen LogP contribution in [0, 0.1) is 0 Å². The van der Waals surface area contributed by atoms with Gasteiger partial charge in [0.15, 0.2) is 0 Å². The van der Waals surface area contributed by atoms with Crippen LogP contribution in [0.3, 0.4) is 0 Å². The van der Waals surface area contributed by atoms with Gasteiger partial charge in [0.05, 0.1) is 6.61 Å². The van der Waals surface area contributed by atoms with Crippen LogP contribution in [0.15, 0.2) is 0 Å². The van der Waals surface area contributed by atoms with E-state index in [9.17, 15) is 4.79 Å². The summed E-state index contributed by atoms with van der Waals surface area (Å²) in [6.45, 7) is 2.90. The molecule has 0 aromatic heterocycles. The van der Waals surface area contributed by atoms with E-state index in [1.54, 1.807) is 0 Å². The molecule has 2 unspecified atom stereocenters. The molecule has 0 aromatic rings. The number of carbonyl (C=O) groups excluding carboxylic acids is 1. The molecule has 0 radical (unpaired) electrons. The molecule has 0 aliphatic carbocycles. The SMILES string of the molecule is CN1CCC(NC(=O)C2(N)CCOC2)C1. The van der Waals surface area contributed by atoms with Crippen LogP contribution in [0.2, 0.25) is 0 Å². The summed E-state index contributed by atoms with van der Waals surface area (Å²) in [7, 11) is 2.06. The monoisotopic (exact) mass is 213 g/mol. The molecule has 0 spiro atoms. The van der Waals surface area contributed by atoms with E-state index in [0.29, 0.717) is 19.6 Å². The summed E-state index contributed by atoms with van der Waals surface area (Å²) in [4.78, 5) is 14.1. The van der Waals surface area contributed by atoms with Gasteiger partial charge in [-0.05, 0) is 26.4 Å². The van der Waals surface area contributed by atoms with E-state index < -0.39 is 5.54 Å². The standard InChI is InChI=1S/C10H19N3O2/c1-13-4-2-8(6-13)12-9(14)10(11)3-5-15-7-10/h8H,2-7,11H2,1H3,(H,12,14). The lowest BCUT2D eigenvalue weighted by Gasteiger charge is -2.23. The summed E-state index contributed by atoms with van der Waals surface area (Å²) < 4.78 is 5.17. The van der Waals surface area contributed by atoms with Gasteiger partial charge in [-0.25, -0.2) is 0 Å². The fraction of sp³-hybridized carbons (Fsp3) is 0.900. The van der Waals surface area contributed by atoms with Crippen molar-refractivity contribution in [1.82, 2.24) is 10.2 Å². The van der Waals surface area contributed by atoms with Crippen LogP contribution < -0.4 is 11.1 Å². The normalized spacial score (nSPS) is 37.1. The lowest BCUT2D eigenvalue weighted by atomic mass is 9.99. The molecule has 0 bridgehead atoms. The Morgan fingerprint density at radius 3 is 3.00 bits per heavy atom. The maximum absolute atomic E-state index is 11.9. The molecule has 5 nitrogen and oxygen atoms in total. The summed E-state index contributed by atoms with van der Waals surface area (Å²) in [6, 6.07) is 0.253. The summed E-state index contributed by atoms with van der Waals surface area (Å²) >= 11 is 0. The number of likely N-dealkylation sites (N-methyl/N-ethyl adjacent to an activating group) is 1. The van der Waals surface area contributed by atoms with Crippen molar-refractivity contribution in [3.05, 3.63) is 0 Å². The fourth-order valence-corrected chi connectivity index (χ4v) is 2.14. The van der Waals surface area contributed by atoms with Crippen molar-refractivity contribution in [2.45, 2.75) is 24.4 Å². The van der Waals surface area contributed by atoms with E-state index in [1.807, 2.05) is 0 Å². The predicted molar refractivity (Wildman–Crippen MR) is 56.4 cm³/mol. The van der Waals surface area contributed by atoms with Gasteiger partial charge in [0.25, 0.3) is 0 Å². The van der Waals surface area contributed by atoms with Gasteiger partial charge in [0.1, 0.15) is 5.54 Å². The molecule has 2 heterocycles. The van der Waals surface area contributed by atoms with Crippen molar-refractivity contribution < 1.29 is 9.53 Å². The highest BCUT2D eigenvalue weighted by Crippen LogP contribution is 2.16. The molecule has 0 aromatic carbocycles. The molecule has 0 saturated carbocycles. The van der Waals surface area contributed by atoms with Gasteiger partial charge in [-0.1, -0.05) is 0 Å². The van der Waals surface area contributed by atoms with E-state index in [2.05, 4.69) is 17.3 Å². The number of amides is 1. The van der Waals surface area contributed by atoms with E-state index in [4.69, 9.17) is 10.5 Å².